The maximum absolute atomic E-state index is 13.3. The Morgan fingerprint density at radius 1 is 1.24 bits per heavy atom. The summed E-state index contributed by atoms with van der Waals surface area (Å²) >= 11 is 0. The Labute approximate surface area is 121 Å². The van der Waals surface area contributed by atoms with E-state index in [2.05, 4.69) is 0 Å². The molecule has 1 unspecified atom stereocenters. The molecule has 3 rings (SSSR count). The molecule has 0 radical (unpaired) electrons. The summed E-state index contributed by atoms with van der Waals surface area (Å²) in [6, 6.07) is 12.4. The van der Waals surface area contributed by atoms with Crippen LogP contribution in [0.15, 0.2) is 42.5 Å². The lowest BCUT2D eigenvalue weighted by molar-refractivity contribution is -0.119. The smallest absolute Gasteiger partial charge is 0.248 e. The number of hydrogen-bond donors (Lipinski definition) is 1. The molecule has 0 aliphatic carbocycles. The van der Waals surface area contributed by atoms with Gasteiger partial charge in [-0.05, 0) is 35.9 Å². The van der Waals surface area contributed by atoms with Crippen molar-refractivity contribution in [2.45, 2.75) is 12.6 Å². The summed E-state index contributed by atoms with van der Waals surface area (Å²) in [5, 5.41) is 8.78. The highest BCUT2D eigenvalue weighted by Crippen LogP contribution is 2.35. The number of fused-ring (bicyclic) bond motifs is 1. The average Bonchev–Trinajstić information content (AvgIpc) is 2.73. The summed E-state index contributed by atoms with van der Waals surface area (Å²) in [6.45, 7) is 0.344. The summed E-state index contributed by atoms with van der Waals surface area (Å²) in [4.78, 5) is 13.8. The molecule has 21 heavy (non-hydrogen) atoms. The Kier molecular flexibility index (Phi) is 3.16. The van der Waals surface area contributed by atoms with E-state index >= 15 is 0 Å². The van der Waals surface area contributed by atoms with Crippen molar-refractivity contribution in [2.75, 3.05) is 4.90 Å². The third kappa shape index (κ3) is 2.26. The van der Waals surface area contributed by atoms with Crippen LogP contribution in [0, 0.1) is 17.1 Å². The third-order valence-corrected chi connectivity index (χ3v) is 3.57. The molecule has 0 bridgehead atoms. The van der Waals surface area contributed by atoms with E-state index in [9.17, 15) is 9.18 Å². The fourth-order valence-corrected chi connectivity index (χ4v) is 2.47. The van der Waals surface area contributed by atoms with Crippen LogP contribution in [0.3, 0.4) is 0 Å². The second kappa shape index (κ2) is 5.00. The van der Waals surface area contributed by atoms with Crippen molar-refractivity contribution >= 4 is 11.6 Å². The summed E-state index contributed by atoms with van der Waals surface area (Å²) < 4.78 is 13.3. The first kappa shape index (κ1) is 13.3. The second-order valence-corrected chi connectivity index (χ2v) is 4.91. The number of hydrogen-bond acceptors (Lipinski definition) is 3. The van der Waals surface area contributed by atoms with Crippen molar-refractivity contribution in [3.05, 3.63) is 65.0 Å². The van der Waals surface area contributed by atoms with Crippen LogP contribution >= 0.6 is 0 Å². The van der Waals surface area contributed by atoms with E-state index in [1.165, 1.54) is 12.1 Å². The van der Waals surface area contributed by atoms with Crippen LogP contribution in [-0.2, 0) is 11.3 Å². The van der Waals surface area contributed by atoms with Gasteiger partial charge >= 0.3 is 0 Å². The van der Waals surface area contributed by atoms with Crippen LogP contribution < -0.4 is 10.6 Å². The predicted molar refractivity (Wildman–Crippen MR) is 75.7 cm³/mol. The molecule has 1 amide bonds. The number of benzene rings is 2. The number of nitrogens with zero attached hydrogens (tertiary/aromatic N) is 2. The standard InChI is InChI=1S/C16H12FN3O/c17-12-5-6-14-13(7-12)15(19)16(21)20(14)9-11-3-1-10(8-18)2-4-11/h1-7,15H,9,19H2. The first-order chi connectivity index (χ1) is 10.1. The van der Waals surface area contributed by atoms with E-state index in [-0.39, 0.29) is 5.91 Å². The zero-order chi connectivity index (χ0) is 15.0. The third-order valence-electron chi connectivity index (χ3n) is 3.57. The van der Waals surface area contributed by atoms with E-state index < -0.39 is 11.9 Å². The van der Waals surface area contributed by atoms with Crippen molar-refractivity contribution in [1.29, 1.82) is 5.26 Å². The highest BCUT2D eigenvalue weighted by atomic mass is 19.1. The molecule has 0 spiro atoms. The zero-order valence-corrected chi connectivity index (χ0v) is 11.1. The molecule has 0 fully saturated rings. The van der Waals surface area contributed by atoms with E-state index in [0.29, 0.717) is 23.4 Å². The van der Waals surface area contributed by atoms with Crippen LogP contribution in [0.4, 0.5) is 10.1 Å². The topological polar surface area (TPSA) is 70.1 Å². The molecule has 1 heterocycles. The lowest BCUT2D eigenvalue weighted by Gasteiger charge is -2.17. The zero-order valence-electron chi connectivity index (χ0n) is 11.1. The number of nitriles is 1. The summed E-state index contributed by atoms with van der Waals surface area (Å²) in [6.07, 6.45) is 0. The number of carbonyl (C=O) groups is 1. The van der Waals surface area contributed by atoms with E-state index in [1.807, 2.05) is 6.07 Å². The van der Waals surface area contributed by atoms with Gasteiger partial charge in [0, 0.05) is 11.3 Å². The Morgan fingerprint density at radius 3 is 2.62 bits per heavy atom. The molecule has 1 atom stereocenters. The monoisotopic (exact) mass is 281 g/mol. The largest absolute Gasteiger partial charge is 0.316 e. The van der Waals surface area contributed by atoms with Crippen LogP contribution in [0.2, 0.25) is 0 Å². The van der Waals surface area contributed by atoms with Gasteiger partial charge in [-0.25, -0.2) is 4.39 Å². The van der Waals surface area contributed by atoms with Crippen molar-refractivity contribution < 1.29 is 9.18 Å². The van der Waals surface area contributed by atoms with Crippen LogP contribution in [-0.4, -0.2) is 5.91 Å². The highest BCUT2D eigenvalue weighted by molar-refractivity contribution is 6.04. The molecule has 2 aromatic carbocycles. The number of halogens is 1. The molecular formula is C16H12FN3O. The highest BCUT2D eigenvalue weighted by Gasteiger charge is 2.34. The van der Waals surface area contributed by atoms with Gasteiger partial charge in [-0.15, -0.1) is 0 Å². The lowest BCUT2D eigenvalue weighted by atomic mass is 10.1. The Balaban J connectivity index is 1.92. The minimum Gasteiger partial charge on any atom is -0.316 e. The first-order valence-corrected chi connectivity index (χ1v) is 6.45. The van der Waals surface area contributed by atoms with Crippen LogP contribution in [0.1, 0.15) is 22.7 Å². The predicted octanol–water partition coefficient (Wildman–Crippen LogP) is 2.24. The van der Waals surface area contributed by atoms with E-state index in [1.54, 1.807) is 35.2 Å². The van der Waals surface area contributed by atoms with E-state index in [4.69, 9.17) is 11.0 Å². The first-order valence-electron chi connectivity index (χ1n) is 6.45. The fraction of sp³-hybridized carbons (Fsp3) is 0.125. The molecule has 0 saturated carbocycles. The van der Waals surface area contributed by atoms with Gasteiger partial charge < -0.3 is 10.6 Å². The fourth-order valence-electron chi connectivity index (χ4n) is 2.47. The number of amides is 1. The normalized spacial score (nSPS) is 16.7. The molecule has 1 aliphatic rings. The molecule has 0 aromatic heterocycles. The maximum atomic E-state index is 13.3. The quantitative estimate of drug-likeness (QED) is 0.917. The number of rotatable bonds is 2. The van der Waals surface area contributed by atoms with Gasteiger partial charge in [-0.1, -0.05) is 12.1 Å². The number of nitrogens with two attached hydrogens (primary N) is 1. The molecule has 4 nitrogen and oxygen atoms in total. The average molecular weight is 281 g/mol. The minimum atomic E-state index is -0.825. The van der Waals surface area contributed by atoms with E-state index in [0.717, 1.165) is 5.56 Å². The van der Waals surface area contributed by atoms with Crippen molar-refractivity contribution in [3.8, 4) is 6.07 Å². The Bertz CT molecular complexity index is 749. The summed E-state index contributed by atoms with van der Waals surface area (Å²) in [7, 11) is 0. The molecule has 2 N–H and O–H groups in total. The molecule has 0 saturated heterocycles. The van der Waals surface area contributed by atoms with Gasteiger partial charge in [0.1, 0.15) is 11.9 Å². The van der Waals surface area contributed by atoms with Crippen molar-refractivity contribution in [1.82, 2.24) is 0 Å². The number of carbonyl (C=O) groups excluding carboxylic acids is 1. The Hall–Kier alpha value is -2.71. The van der Waals surface area contributed by atoms with Gasteiger partial charge in [0.05, 0.1) is 18.2 Å². The molecule has 5 heteroatoms. The molecular weight excluding hydrogens is 269 g/mol. The van der Waals surface area contributed by atoms with Gasteiger partial charge in [0.25, 0.3) is 0 Å². The van der Waals surface area contributed by atoms with Crippen molar-refractivity contribution in [3.63, 3.8) is 0 Å². The van der Waals surface area contributed by atoms with Crippen molar-refractivity contribution in [2.24, 2.45) is 5.73 Å². The summed E-state index contributed by atoms with van der Waals surface area (Å²) in [5.74, 6) is -0.655. The van der Waals surface area contributed by atoms with Crippen LogP contribution in [0.25, 0.3) is 0 Å². The molecule has 2 aromatic rings. The SMILES string of the molecule is N#Cc1ccc(CN2C(=O)C(N)c3cc(F)ccc32)cc1. The van der Waals surface area contributed by atoms with Gasteiger partial charge in [-0.3, -0.25) is 4.79 Å². The lowest BCUT2D eigenvalue weighted by Crippen LogP contribution is -2.31. The van der Waals surface area contributed by atoms with Gasteiger partial charge in [0.2, 0.25) is 5.91 Å². The van der Waals surface area contributed by atoms with Crippen LogP contribution in [0.5, 0.6) is 0 Å². The molecule has 104 valence electrons. The van der Waals surface area contributed by atoms with Gasteiger partial charge in [0.15, 0.2) is 0 Å². The maximum Gasteiger partial charge on any atom is 0.248 e. The minimum absolute atomic E-state index is 0.250. The van der Waals surface area contributed by atoms with Gasteiger partial charge in [-0.2, -0.15) is 5.26 Å². The number of anilines is 1. The Morgan fingerprint density at radius 2 is 1.95 bits per heavy atom. The second-order valence-electron chi connectivity index (χ2n) is 4.91. The summed E-state index contributed by atoms with van der Waals surface area (Å²) in [5.41, 5.74) is 8.43. The molecule has 1 aliphatic heterocycles.